The normalized spacial score (nSPS) is 10.4. The predicted octanol–water partition coefficient (Wildman–Crippen LogP) is 5.26. The highest BCUT2D eigenvalue weighted by molar-refractivity contribution is 7.99. The SMILES string of the molecule is CCOc1ccc(NC(=O)CSCc2ccc(Cl)c(Cl)c2)cc1. The van der Waals surface area contributed by atoms with Gasteiger partial charge in [-0.15, -0.1) is 11.8 Å². The number of anilines is 1. The molecule has 0 fully saturated rings. The zero-order valence-corrected chi connectivity index (χ0v) is 15.0. The number of thioether (sulfide) groups is 1. The third-order valence-electron chi connectivity index (χ3n) is 2.93. The largest absolute Gasteiger partial charge is 0.494 e. The number of carbonyl (C=O) groups excluding carboxylic acids is 1. The predicted molar refractivity (Wildman–Crippen MR) is 98.9 cm³/mol. The highest BCUT2D eigenvalue weighted by Crippen LogP contribution is 2.24. The molecule has 6 heteroatoms. The molecular weight excluding hydrogens is 353 g/mol. The Morgan fingerprint density at radius 1 is 1.13 bits per heavy atom. The number of nitrogens with one attached hydrogen (secondary N) is 1. The molecule has 0 unspecified atom stereocenters. The van der Waals surface area contributed by atoms with Crippen LogP contribution in [-0.2, 0) is 10.5 Å². The Balaban J connectivity index is 1.77. The molecule has 0 atom stereocenters. The molecule has 0 aliphatic rings. The van der Waals surface area contributed by atoms with Crippen molar-refractivity contribution < 1.29 is 9.53 Å². The lowest BCUT2D eigenvalue weighted by atomic mass is 10.2. The van der Waals surface area contributed by atoms with Gasteiger partial charge in [0.15, 0.2) is 0 Å². The van der Waals surface area contributed by atoms with E-state index < -0.39 is 0 Å². The Hall–Kier alpha value is -1.36. The number of carbonyl (C=O) groups is 1. The zero-order valence-electron chi connectivity index (χ0n) is 12.6. The highest BCUT2D eigenvalue weighted by Gasteiger charge is 2.05. The number of hydrogen-bond acceptors (Lipinski definition) is 3. The van der Waals surface area contributed by atoms with Crippen LogP contribution in [0.1, 0.15) is 12.5 Å². The number of ether oxygens (including phenoxy) is 1. The lowest BCUT2D eigenvalue weighted by molar-refractivity contribution is -0.113. The molecule has 2 aromatic carbocycles. The number of benzene rings is 2. The third kappa shape index (κ3) is 5.98. The zero-order chi connectivity index (χ0) is 16.7. The van der Waals surface area contributed by atoms with E-state index in [1.165, 1.54) is 11.8 Å². The lowest BCUT2D eigenvalue weighted by Gasteiger charge is -2.07. The van der Waals surface area contributed by atoms with Crippen LogP contribution in [0.4, 0.5) is 5.69 Å². The average Bonchev–Trinajstić information content (AvgIpc) is 2.53. The van der Waals surface area contributed by atoms with Crippen LogP contribution in [0.25, 0.3) is 0 Å². The molecule has 0 aromatic heterocycles. The second-order valence-corrected chi connectivity index (χ2v) is 6.55. The van der Waals surface area contributed by atoms with Crippen LogP contribution in [0.2, 0.25) is 10.0 Å². The maximum absolute atomic E-state index is 11.9. The van der Waals surface area contributed by atoms with Gasteiger partial charge in [-0.3, -0.25) is 4.79 Å². The minimum atomic E-state index is -0.0424. The fraction of sp³-hybridized carbons (Fsp3) is 0.235. The van der Waals surface area contributed by atoms with Crippen LogP contribution < -0.4 is 10.1 Å². The molecular formula is C17H17Cl2NO2S. The van der Waals surface area contributed by atoms with E-state index in [0.717, 1.165) is 17.0 Å². The second kappa shape index (κ2) is 9.06. The van der Waals surface area contributed by atoms with Crippen molar-refractivity contribution in [2.75, 3.05) is 17.7 Å². The van der Waals surface area contributed by atoms with E-state index in [2.05, 4.69) is 5.32 Å². The van der Waals surface area contributed by atoms with E-state index in [-0.39, 0.29) is 5.91 Å². The molecule has 0 spiro atoms. The summed E-state index contributed by atoms with van der Waals surface area (Å²) in [6, 6.07) is 12.8. The summed E-state index contributed by atoms with van der Waals surface area (Å²) in [6.07, 6.45) is 0. The molecule has 0 heterocycles. The van der Waals surface area contributed by atoms with Gasteiger partial charge in [0, 0.05) is 11.4 Å². The number of hydrogen-bond donors (Lipinski definition) is 1. The van der Waals surface area contributed by atoms with Crippen LogP contribution >= 0.6 is 35.0 Å². The Morgan fingerprint density at radius 2 is 1.87 bits per heavy atom. The fourth-order valence-electron chi connectivity index (χ4n) is 1.89. The quantitative estimate of drug-likeness (QED) is 0.722. The van der Waals surface area contributed by atoms with Gasteiger partial charge in [0.1, 0.15) is 5.75 Å². The summed E-state index contributed by atoms with van der Waals surface area (Å²) in [6.45, 7) is 2.55. The van der Waals surface area contributed by atoms with Gasteiger partial charge in [-0.25, -0.2) is 0 Å². The van der Waals surface area contributed by atoms with Crippen LogP contribution in [-0.4, -0.2) is 18.3 Å². The van der Waals surface area contributed by atoms with E-state index in [4.69, 9.17) is 27.9 Å². The van der Waals surface area contributed by atoms with E-state index in [1.54, 1.807) is 6.07 Å². The van der Waals surface area contributed by atoms with Crippen molar-refractivity contribution in [1.29, 1.82) is 0 Å². The first-order valence-corrected chi connectivity index (χ1v) is 9.04. The van der Waals surface area contributed by atoms with Crippen molar-refractivity contribution in [3.63, 3.8) is 0 Å². The summed E-state index contributed by atoms with van der Waals surface area (Å²) in [5.74, 6) is 1.82. The monoisotopic (exact) mass is 369 g/mol. The van der Waals surface area contributed by atoms with Crippen LogP contribution in [0, 0.1) is 0 Å². The first-order chi connectivity index (χ1) is 11.1. The third-order valence-corrected chi connectivity index (χ3v) is 4.68. The second-order valence-electron chi connectivity index (χ2n) is 4.75. The molecule has 0 aliphatic heterocycles. The van der Waals surface area contributed by atoms with Crippen molar-refractivity contribution in [1.82, 2.24) is 0 Å². The van der Waals surface area contributed by atoms with Gasteiger partial charge >= 0.3 is 0 Å². The Bertz CT molecular complexity index is 662. The average molecular weight is 370 g/mol. The summed E-state index contributed by atoms with van der Waals surface area (Å²) in [5, 5.41) is 3.92. The van der Waals surface area contributed by atoms with Crippen molar-refractivity contribution >= 4 is 46.6 Å². The number of halogens is 2. The number of amides is 1. The molecule has 1 amide bonds. The topological polar surface area (TPSA) is 38.3 Å². The van der Waals surface area contributed by atoms with Crippen LogP contribution in [0.15, 0.2) is 42.5 Å². The van der Waals surface area contributed by atoms with E-state index in [1.807, 2.05) is 43.3 Å². The maximum atomic E-state index is 11.9. The Kier molecular flexibility index (Phi) is 7.09. The van der Waals surface area contributed by atoms with Gasteiger partial charge in [0.2, 0.25) is 5.91 Å². The van der Waals surface area contributed by atoms with E-state index in [9.17, 15) is 4.79 Å². The smallest absolute Gasteiger partial charge is 0.234 e. The van der Waals surface area contributed by atoms with Crippen LogP contribution in [0.3, 0.4) is 0 Å². The fourth-order valence-corrected chi connectivity index (χ4v) is 2.98. The molecule has 23 heavy (non-hydrogen) atoms. The molecule has 2 rings (SSSR count). The van der Waals surface area contributed by atoms with Gasteiger partial charge in [0.25, 0.3) is 0 Å². The molecule has 0 radical (unpaired) electrons. The summed E-state index contributed by atoms with van der Waals surface area (Å²) in [5.41, 5.74) is 1.80. The Labute approximate surface area is 150 Å². The first-order valence-electron chi connectivity index (χ1n) is 7.13. The summed E-state index contributed by atoms with van der Waals surface area (Å²) < 4.78 is 5.36. The molecule has 122 valence electrons. The van der Waals surface area contributed by atoms with Gasteiger partial charge in [-0.05, 0) is 48.9 Å². The van der Waals surface area contributed by atoms with Crippen molar-refractivity contribution in [3.05, 3.63) is 58.1 Å². The Morgan fingerprint density at radius 3 is 2.52 bits per heavy atom. The molecule has 3 nitrogen and oxygen atoms in total. The minimum absolute atomic E-state index is 0.0424. The van der Waals surface area contributed by atoms with Crippen molar-refractivity contribution in [2.24, 2.45) is 0 Å². The first kappa shape index (κ1) is 18.0. The van der Waals surface area contributed by atoms with Crippen LogP contribution in [0.5, 0.6) is 5.75 Å². The standard InChI is InChI=1S/C17H17Cl2NO2S/c1-2-22-14-6-4-13(5-7-14)20-17(21)11-23-10-12-3-8-15(18)16(19)9-12/h3-9H,2,10-11H2,1H3,(H,20,21). The summed E-state index contributed by atoms with van der Waals surface area (Å²) in [7, 11) is 0. The van der Waals surface area contributed by atoms with Gasteiger partial charge in [0.05, 0.1) is 22.4 Å². The van der Waals surface area contributed by atoms with E-state index in [0.29, 0.717) is 28.2 Å². The summed E-state index contributed by atoms with van der Waals surface area (Å²) in [4.78, 5) is 11.9. The molecule has 2 aromatic rings. The van der Waals surface area contributed by atoms with Crippen molar-refractivity contribution in [2.45, 2.75) is 12.7 Å². The van der Waals surface area contributed by atoms with Gasteiger partial charge in [-0.1, -0.05) is 29.3 Å². The summed E-state index contributed by atoms with van der Waals surface area (Å²) >= 11 is 13.4. The minimum Gasteiger partial charge on any atom is -0.494 e. The molecule has 0 bridgehead atoms. The number of rotatable bonds is 7. The molecule has 0 saturated heterocycles. The molecule has 0 aliphatic carbocycles. The van der Waals surface area contributed by atoms with Gasteiger partial charge < -0.3 is 10.1 Å². The maximum Gasteiger partial charge on any atom is 0.234 e. The highest BCUT2D eigenvalue weighted by atomic mass is 35.5. The van der Waals surface area contributed by atoms with E-state index >= 15 is 0 Å². The lowest BCUT2D eigenvalue weighted by Crippen LogP contribution is -2.14. The van der Waals surface area contributed by atoms with Crippen molar-refractivity contribution in [3.8, 4) is 5.75 Å². The molecule has 1 N–H and O–H groups in total. The molecule has 0 saturated carbocycles. The van der Waals surface area contributed by atoms with Gasteiger partial charge in [-0.2, -0.15) is 0 Å².